The normalized spacial score (nSPS) is 21.3. The summed E-state index contributed by atoms with van der Waals surface area (Å²) in [6.07, 6.45) is 12.5. The highest BCUT2D eigenvalue weighted by Crippen LogP contribution is 2.36. The maximum atomic E-state index is 4.43. The van der Waals surface area contributed by atoms with E-state index in [1.807, 2.05) is 36.4 Å². The van der Waals surface area contributed by atoms with Crippen LogP contribution >= 0.6 is 0 Å². The molecule has 4 heterocycles. The van der Waals surface area contributed by atoms with Gasteiger partial charge in [0.25, 0.3) is 0 Å². The molecular formula is C20H29N7. The average Bonchev–Trinajstić information content (AvgIpc) is 3.28. The van der Waals surface area contributed by atoms with Gasteiger partial charge in [0.15, 0.2) is 0 Å². The fourth-order valence-corrected chi connectivity index (χ4v) is 4.51. The standard InChI is InChI=1S/C20H29N7/c1-4-26-9-5-7-16(19(26)17-11-23-25(3)14-17)13-24(2)15-18-12-22-20-21-8-6-10-27(18)20/h6,8,10-12,14,16,19H,4-5,7,9,13,15H2,1-3H3/t16-,19+/m0/s1. The Bertz CT molecular complexity index is 883. The van der Waals surface area contributed by atoms with Gasteiger partial charge in [-0.2, -0.15) is 5.10 Å². The van der Waals surface area contributed by atoms with E-state index in [-0.39, 0.29) is 0 Å². The third-order valence-electron chi connectivity index (χ3n) is 5.68. The number of rotatable bonds is 6. The van der Waals surface area contributed by atoms with Gasteiger partial charge in [-0.05, 0) is 45.0 Å². The molecule has 0 spiro atoms. The summed E-state index contributed by atoms with van der Waals surface area (Å²) in [4.78, 5) is 13.8. The number of likely N-dealkylation sites (tertiary alicyclic amines) is 1. The first kappa shape index (κ1) is 18.1. The Morgan fingerprint density at radius 3 is 2.93 bits per heavy atom. The van der Waals surface area contributed by atoms with Crippen LogP contribution in [0.3, 0.4) is 0 Å². The largest absolute Gasteiger partial charge is 0.300 e. The van der Waals surface area contributed by atoms with Crippen LogP contribution in [0.15, 0.2) is 37.1 Å². The molecule has 1 aliphatic rings. The Morgan fingerprint density at radius 1 is 1.26 bits per heavy atom. The molecule has 0 unspecified atom stereocenters. The van der Waals surface area contributed by atoms with Crippen molar-refractivity contribution in [1.82, 2.24) is 33.9 Å². The summed E-state index contributed by atoms with van der Waals surface area (Å²) in [5, 5.41) is 4.43. The zero-order chi connectivity index (χ0) is 18.8. The molecule has 27 heavy (non-hydrogen) atoms. The Kier molecular flexibility index (Phi) is 5.22. The van der Waals surface area contributed by atoms with Crippen LogP contribution in [0.4, 0.5) is 0 Å². The number of aryl methyl sites for hydroxylation is 1. The first-order valence-corrected chi connectivity index (χ1v) is 9.83. The molecular weight excluding hydrogens is 338 g/mol. The van der Waals surface area contributed by atoms with Crippen LogP contribution < -0.4 is 0 Å². The van der Waals surface area contributed by atoms with E-state index in [9.17, 15) is 0 Å². The Morgan fingerprint density at radius 2 is 2.15 bits per heavy atom. The maximum Gasteiger partial charge on any atom is 0.233 e. The van der Waals surface area contributed by atoms with Crippen molar-refractivity contribution in [3.63, 3.8) is 0 Å². The monoisotopic (exact) mass is 367 g/mol. The molecule has 7 heteroatoms. The second kappa shape index (κ2) is 7.78. The summed E-state index contributed by atoms with van der Waals surface area (Å²) in [5.74, 6) is 1.37. The number of piperidine rings is 1. The van der Waals surface area contributed by atoms with E-state index in [2.05, 4.69) is 49.4 Å². The van der Waals surface area contributed by atoms with Crippen molar-refractivity contribution in [1.29, 1.82) is 0 Å². The third kappa shape index (κ3) is 3.75. The molecule has 4 rings (SSSR count). The van der Waals surface area contributed by atoms with Gasteiger partial charge in [-0.1, -0.05) is 6.92 Å². The van der Waals surface area contributed by atoms with Crippen LogP contribution in [0.25, 0.3) is 5.78 Å². The van der Waals surface area contributed by atoms with Crippen molar-refractivity contribution in [3.8, 4) is 0 Å². The summed E-state index contributed by atoms with van der Waals surface area (Å²) in [6.45, 7) is 6.45. The van der Waals surface area contributed by atoms with E-state index in [4.69, 9.17) is 0 Å². The lowest BCUT2D eigenvalue weighted by molar-refractivity contribution is 0.0746. The number of hydrogen-bond donors (Lipinski definition) is 0. The van der Waals surface area contributed by atoms with Crippen molar-refractivity contribution < 1.29 is 0 Å². The van der Waals surface area contributed by atoms with Crippen molar-refractivity contribution in [2.75, 3.05) is 26.7 Å². The highest BCUT2D eigenvalue weighted by Gasteiger charge is 2.33. The first-order chi connectivity index (χ1) is 13.2. The molecule has 0 N–H and O–H groups in total. The minimum absolute atomic E-state index is 0.448. The van der Waals surface area contributed by atoms with Gasteiger partial charge in [0.2, 0.25) is 5.78 Å². The lowest BCUT2D eigenvalue weighted by Crippen LogP contribution is -2.42. The summed E-state index contributed by atoms with van der Waals surface area (Å²) >= 11 is 0. The molecule has 1 fully saturated rings. The van der Waals surface area contributed by atoms with E-state index >= 15 is 0 Å². The number of aromatic nitrogens is 5. The zero-order valence-corrected chi connectivity index (χ0v) is 16.5. The quantitative estimate of drug-likeness (QED) is 0.669. The summed E-state index contributed by atoms with van der Waals surface area (Å²) < 4.78 is 4.00. The molecule has 1 aliphatic heterocycles. The second-order valence-electron chi connectivity index (χ2n) is 7.66. The highest BCUT2D eigenvalue weighted by atomic mass is 15.3. The zero-order valence-electron chi connectivity index (χ0n) is 16.5. The minimum Gasteiger partial charge on any atom is -0.300 e. The fourth-order valence-electron chi connectivity index (χ4n) is 4.51. The maximum absolute atomic E-state index is 4.43. The summed E-state index contributed by atoms with van der Waals surface area (Å²) in [6, 6.07) is 2.40. The van der Waals surface area contributed by atoms with Crippen molar-refractivity contribution in [3.05, 3.63) is 48.3 Å². The number of imidazole rings is 1. The summed E-state index contributed by atoms with van der Waals surface area (Å²) in [7, 11) is 4.21. The first-order valence-electron chi connectivity index (χ1n) is 9.83. The molecule has 3 aromatic heterocycles. The Balaban J connectivity index is 1.50. The predicted octanol–water partition coefficient (Wildman–Crippen LogP) is 2.37. The van der Waals surface area contributed by atoms with Crippen LogP contribution in [0.2, 0.25) is 0 Å². The molecule has 144 valence electrons. The summed E-state index contributed by atoms with van der Waals surface area (Å²) in [5.41, 5.74) is 2.53. The van der Waals surface area contributed by atoms with Crippen molar-refractivity contribution in [2.45, 2.75) is 32.4 Å². The third-order valence-corrected chi connectivity index (χ3v) is 5.68. The molecule has 0 bridgehead atoms. The lowest BCUT2D eigenvalue weighted by atomic mass is 9.85. The minimum atomic E-state index is 0.448. The molecule has 7 nitrogen and oxygen atoms in total. The SMILES string of the molecule is CCN1CCC[C@@H](CN(C)Cc2cnc3ncccn23)[C@@H]1c1cnn(C)c1. The van der Waals surface area contributed by atoms with Crippen LogP contribution in [-0.4, -0.2) is 60.6 Å². The van der Waals surface area contributed by atoms with Crippen LogP contribution in [0.5, 0.6) is 0 Å². The van der Waals surface area contributed by atoms with Gasteiger partial charge in [0, 0.05) is 50.3 Å². The Hall–Kier alpha value is -2.25. The second-order valence-corrected chi connectivity index (χ2v) is 7.66. The molecule has 1 saturated heterocycles. The molecule has 2 atom stereocenters. The van der Waals surface area contributed by atoms with Gasteiger partial charge in [0.1, 0.15) is 0 Å². The van der Waals surface area contributed by atoms with Gasteiger partial charge in [-0.15, -0.1) is 0 Å². The van der Waals surface area contributed by atoms with E-state index in [1.165, 1.54) is 30.6 Å². The van der Waals surface area contributed by atoms with E-state index < -0.39 is 0 Å². The molecule has 0 saturated carbocycles. The van der Waals surface area contributed by atoms with Crippen molar-refractivity contribution >= 4 is 5.78 Å². The van der Waals surface area contributed by atoms with Crippen LogP contribution in [0, 0.1) is 5.92 Å². The van der Waals surface area contributed by atoms with Gasteiger partial charge in [0.05, 0.1) is 18.1 Å². The van der Waals surface area contributed by atoms with E-state index in [1.54, 1.807) is 6.20 Å². The van der Waals surface area contributed by atoms with E-state index in [0.717, 1.165) is 25.4 Å². The van der Waals surface area contributed by atoms with E-state index in [0.29, 0.717) is 12.0 Å². The van der Waals surface area contributed by atoms with Crippen molar-refractivity contribution in [2.24, 2.45) is 13.0 Å². The highest BCUT2D eigenvalue weighted by molar-refractivity contribution is 5.30. The number of fused-ring (bicyclic) bond motifs is 1. The average molecular weight is 368 g/mol. The molecule has 3 aromatic rings. The van der Waals surface area contributed by atoms with Gasteiger partial charge < -0.3 is 4.90 Å². The number of nitrogens with zero attached hydrogens (tertiary/aromatic N) is 7. The molecule has 0 radical (unpaired) electrons. The topological polar surface area (TPSA) is 54.5 Å². The predicted molar refractivity (Wildman–Crippen MR) is 105 cm³/mol. The lowest BCUT2D eigenvalue weighted by Gasteiger charge is -2.42. The smallest absolute Gasteiger partial charge is 0.233 e. The number of hydrogen-bond acceptors (Lipinski definition) is 5. The van der Waals surface area contributed by atoms with Gasteiger partial charge >= 0.3 is 0 Å². The molecule has 0 amide bonds. The van der Waals surface area contributed by atoms with Gasteiger partial charge in [-0.25, -0.2) is 9.97 Å². The van der Waals surface area contributed by atoms with Crippen LogP contribution in [-0.2, 0) is 13.6 Å². The van der Waals surface area contributed by atoms with Crippen LogP contribution in [0.1, 0.15) is 37.1 Å². The molecule has 0 aromatic carbocycles. The van der Waals surface area contributed by atoms with Gasteiger partial charge in [-0.3, -0.25) is 14.0 Å². The Labute approximate surface area is 160 Å². The fraction of sp³-hybridized carbons (Fsp3) is 0.550. The molecule has 0 aliphatic carbocycles.